The van der Waals surface area contributed by atoms with Crippen LogP contribution in [0, 0.1) is 0 Å². The second kappa shape index (κ2) is 2.42. The molecule has 0 unspecified atom stereocenters. The predicted molar refractivity (Wildman–Crippen MR) is 36.9 cm³/mol. The lowest BCUT2D eigenvalue weighted by Crippen LogP contribution is -1.87. The van der Waals surface area contributed by atoms with E-state index in [0.717, 1.165) is 16.7 Å². The summed E-state index contributed by atoms with van der Waals surface area (Å²) in [5.41, 5.74) is 4.88. The van der Waals surface area contributed by atoms with Gasteiger partial charge in [-0.05, 0) is 15.9 Å². The molecule has 0 spiro atoms. The van der Waals surface area contributed by atoms with Crippen molar-refractivity contribution in [3.63, 3.8) is 0 Å². The van der Waals surface area contributed by atoms with E-state index in [1.54, 1.807) is 0 Å². The molecule has 0 N–H and O–H groups in total. The monoisotopic (exact) mass is 173 g/mol. The van der Waals surface area contributed by atoms with E-state index in [4.69, 9.17) is 0 Å². The normalized spacial score (nSPS) is 18.2. The van der Waals surface area contributed by atoms with Crippen LogP contribution in [0.1, 0.15) is 13.3 Å². The van der Waals surface area contributed by atoms with Gasteiger partial charge in [0.2, 0.25) is 0 Å². The summed E-state index contributed by atoms with van der Waals surface area (Å²) in [5, 5.41) is 3.75. The smallest absolute Gasteiger partial charge is 0.0555 e. The highest BCUT2D eigenvalue weighted by Crippen LogP contribution is 2.08. The average Bonchev–Trinajstić information content (AvgIpc) is 2.14. The Morgan fingerprint density at radius 2 is 2.62 bits per heavy atom. The summed E-state index contributed by atoms with van der Waals surface area (Å²) < 4.78 is 0.828. The first-order valence-corrected chi connectivity index (χ1v) is 3.27. The third-order valence-corrected chi connectivity index (χ3v) is 1.31. The van der Waals surface area contributed by atoms with Gasteiger partial charge in [-0.15, -0.1) is 0 Å². The summed E-state index contributed by atoms with van der Waals surface area (Å²) in [6.07, 6.45) is 2.87. The maximum absolute atomic E-state index is 3.84. The number of rotatable bonds is 1. The van der Waals surface area contributed by atoms with Crippen LogP contribution >= 0.6 is 15.9 Å². The third-order valence-electron chi connectivity index (χ3n) is 0.922. The molecule has 3 heteroatoms. The SMILES string of the molecule is CCC1=CC(Br)=N[N+]1. The van der Waals surface area contributed by atoms with E-state index >= 15 is 0 Å². The fraction of sp³-hybridized carbons (Fsp3) is 0.400. The quantitative estimate of drug-likeness (QED) is 0.577. The molecule has 1 aliphatic rings. The number of allylic oxidation sites excluding steroid dienone is 2. The van der Waals surface area contributed by atoms with Crippen LogP contribution in [0.5, 0.6) is 0 Å². The predicted octanol–water partition coefficient (Wildman–Crippen LogP) is 1.61. The zero-order valence-corrected chi connectivity index (χ0v) is 6.14. The molecule has 8 heavy (non-hydrogen) atoms. The van der Waals surface area contributed by atoms with Crippen molar-refractivity contribution in [1.82, 2.24) is 5.43 Å². The van der Waals surface area contributed by atoms with Crippen molar-refractivity contribution < 1.29 is 0 Å². The van der Waals surface area contributed by atoms with Crippen molar-refractivity contribution in [2.45, 2.75) is 13.3 Å². The van der Waals surface area contributed by atoms with Gasteiger partial charge in [-0.2, -0.15) is 0 Å². The van der Waals surface area contributed by atoms with Crippen molar-refractivity contribution in [3.05, 3.63) is 11.8 Å². The molecule has 1 heterocycles. The van der Waals surface area contributed by atoms with Crippen LogP contribution in [0.2, 0.25) is 0 Å². The standard InChI is InChI=1S/C5H6BrN2/c1-2-4-3-5(6)8-7-4/h3H,2H2,1H3/q+1. The summed E-state index contributed by atoms with van der Waals surface area (Å²) in [5.74, 6) is 0. The first-order valence-electron chi connectivity index (χ1n) is 2.47. The Bertz CT molecular complexity index is 149. The topological polar surface area (TPSA) is 26.5 Å². The van der Waals surface area contributed by atoms with Crippen LogP contribution in [0.4, 0.5) is 0 Å². The van der Waals surface area contributed by atoms with Gasteiger partial charge in [-0.3, -0.25) is 0 Å². The van der Waals surface area contributed by atoms with Crippen molar-refractivity contribution in [1.29, 1.82) is 0 Å². The lowest BCUT2D eigenvalue weighted by Gasteiger charge is -1.69. The zero-order valence-electron chi connectivity index (χ0n) is 4.56. The van der Waals surface area contributed by atoms with Gasteiger partial charge < -0.3 is 0 Å². The second-order valence-corrected chi connectivity index (χ2v) is 2.32. The number of hydrogen-bond acceptors (Lipinski definition) is 1. The first-order chi connectivity index (χ1) is 3.83. The molecule has 2 nitrogen and oxygen atoms in total. The van der Waals surface area contributed by atoms with Gasteiger partial charge in [0.15, 0.2) is 4.62 Å². The van der Waals surface area contributed by atoms with Crippen LogP contribution in [0.3, 0.4) is 0 Å². The van der Waals surface area contributed by atoms with Crippen molar-refractivity contribution >= 4 is 20.6 Å². The highest BCUT2D eigenvalue weighted by Gasteiger charge is 2.19. The van der Waals surface area contributed by atoms with Crippen LogP contribution < -0.4 is 5.43 Å². The van der Waals surface area contributed by atoms with Gasteiger partial charge in [0.25, 0.3) is 11.1 Å². The van der Waals surface area contributed by atoms with Gasteiger partial charge in [0, 0.05) is 12.5 Å². The number of nitrogens with zero attached hydrogens (tertiary/aromatic N) is 2. The van der Waals surface area contributed by atoms with Crippen molar-refractivity contribution in [2.24, 2.45) is 5.10 Å². The Hall–Kier alpha value is -0.150. The van der Waals surface area contributed by atoms with Crippen molar-refractivity contribution in [3.8, 4) is 0 Å². The Morgan fingerprint density at radius 3 is 2.88 bits per heavy atom. The minimum absolute atomic E-state index is 0.828. The molecule has 0 aliphatic carbocycles. The lowest BCUT2D eigenvalue weighted by molar-refractivity contribution is 0.838. The Labute approximate surface area is 56.8 Å². The molecule has 0 aromatic heterocycles. The molecule has 0 bridgehead atoms. The first kappa shape index (κ1) is 5.98. The van der Waals surface area contributed by atoms with Crippen LogP contribution in [-0.4, -0.2) is 4.62 Å². The summed E-state index contributed by atoms with van der Waals surface area (Å²) in [6, 6.07) is 0. The summed E-state index contributed by atoms with van der Waals surface area (Å²) >= 11 is 3.20. The highest BCUT2D eigenvalue weighted by atomic mass is 79.9. The fourth-order valence-electron chi connectivity index (χ4n) is 0.480. The van der Waals surface area contributed by atoms with Crippen LogP contribution in [-0.2, 0) is 0 Å². The molecule has 1 aliphatic heterocycles. The molecule has 0 aromatic carbocycles. The Balaban J connectivity index is 2.56. The van der Waals surface area contributed by atoms with Crippen molar-refractivity contribution in [2.75, 3.05) is 0 Å². The van der Waals surface area contributed by atoms with Crippen LogP contribution in [0.25, 0.3) is 0 Å². The highest BCUT2D eigenvalue weighted by molar-refractivity contribution is 9.18. The molecule has 0 fully saturated rings. The Kier molecular flexibility index (Phi) is 1.81. The molecule has 0 amide bonds. The zero-order chi connectivity index (χ0) is 5.98. The van der Waals surface area contributed by atoms with Gasteiger partial charge in [-0.25, -0.2) is 0 Å². The van der Waals surface area contributed by atoms with E-state index < -0.39 is 0 Å². The molecule has 0 saturated carbocycles. The molecule has 0 saturated heterocycles. The average molecular weight is 174 g/mol. The van der Waals surface area contributed by atoms with Gasteiger partial charge >= 0.3 is 0 Å². The van der Waals surface area contributed by atoms with Gasteiger partial charge in [-0.1, -0.05) is 6.92 Å². The molecule has 1 rings (SSSR count). The number of halogens is 1. The lowest BCUT2D eigenvalue weighted by atomic mass is 10.3. The fourth-order valence-corrected chi connectivity index (χ4v) is 0.824. The van der Waals surface area contributed by atoms with E-state index in [-0.39, 0.29) is 0 Å². The molecular formula is C5H6BrN2+. The maximum Gasteiger partial charge on any atom is 0.276 e. The van der Waals surface area contributed by atoms with E-state index in [9.17, 15) is 0 Å². The molecule has 0 aromatic rings. The second-order valence-electron chi connectivity index (χ2n) is 1.51. The largest absolute Gasteiger partial charge is 0.276 e. The minimum Gasteiger partial charge on any atom is -0.0555 e. The minimum atomic E-state index is 0.828. The van der Waals surface area contributed by atoms with E-state index in [2.05, 4.69) is 33.4 Å². The molecule has 2 radical (unpaired) electrons. The summed E-state index contributed by atoms with van der Waals surface area (Å²) in [6.45, 7) is 2.05. The third kappa shape index (κ3) is 1.17. The van der Waals surface area contributed by atoms with Gasteiger partial charge in [0.1, 0.15) is 0 Å². The van der Waals surface area contributed by atoms with E-state index in [0.29, 0.717) is 0 Å². The van der Waals surface area contributed by atoms with E-state index in [1.165, 1.54) is 0 Å². The maximum atomic E-state index is 3.84. The number of hydrogen-bond donors (Lipinski definition) is 0. The molecule has 42 valence electrons. The van der Waals surface area contributed by atoms with E-state index in [1.807, 2.05) is 6.08 Å². The van der Waals surface area contributed by atoms with Gasteiger partial charge in [0.05, 0.1) is 5.10 Å². The summed E-state index contributed by atoms with van der Waals surface area (Å²) in [4.78, 5) is 0. The molecular weight excluding hydrogens is 168 g/mol. The summed E-state index contributed by atoms with van der Waals surface area (Å²) in [7, 11) is 0. The Morgan fingerprint density at radius 1 is 1.88 bits per heavy atom. The molecule has 0 atom stereocenters. The van der Waals surface area contributed by atoms with Crippen LogP contribution in [0.15, 0.2) is 16.9 Å².